The van der Waals surface area contributed by atoms with Gasteiger partial charge < -0.3 is 15.0 Å². The van der Waals surface area contributed by atoms with Gasteiger partial charge in [0.2, 0.25) is 11.8 Å². The maximum absolute atomic E-state index is 12.5. The normalized spacial score (nSPS) is 22.0. The Morgan fingerprint density at radius 1 is 1.30 bits per heavy atom. The topological polar surface area (TPSA) is 61.9 Å². The molecule has 23 heavy (non-hydrogen) atoms. The van der Waals surface area contributed by atoms with E-state index in [0.717, 1.165) is 25.1 Å². The van der Waals surface area contributed by atoms with Crippen molar-refractivity contribution in [2.75, 3.05) is 39.8 Å². The van der Waals surface area contributed by atoms with Crippen LogP contribution in [0.1, 0.15) is 24.4 Å². The minimum Gasteiger partial charge on any atom is -0.497 e. The summed E-state index contributed by atoms with van der Waals surface area (Å²) in [6.07, 6.45) is 2.14. The molecule has 2 amide bonds. The van der Waals surface area contributed by atoms with Crippen molar-refractivity contribution in [2.45, 2.75) is 18.9 Å². The van der Waals surface area contributed by atoms with Crippen LogP contribution in [-0.4, -0.2) is 61.4 Å². The maximum atomic E-state index is 12.5. The molecule has 0 saturated carbocycles. The smallest absolute Gasteiger partial charge is 0.239 e. The van der Waals surface area contributed by atoms with Gasteiger partial charge in [0.15, 0.2) is 0 Å². The molecule has 1 aromatic rings. The van der Waals surface area contributed by atoms with E-state index >= 15 is 0 Å². The predicted octanol–water partition coefficient (Wildman–Crippen LogP) is 0.791. The number of piperazine rings is 1. The summed E-state index contributed by atoms with van der Waals surface area (Å²) >= 11 is 0. The molecular formula is C17H23N3O3. The number of methoxy groups -OCH3 is 1. The van der Waals surface area contributed by atoms with Crippen LogP contribution in [-0.2, 0) is 9.59 Å². The van der Waals surface area contributed by atoms with Crippen molar-refractivity contribution in [3.63, 3.8) is 0 Å². The van der Waals surface area contributed by atoms with E-state index in [2.05, 4.69) is 22.3 Å². The summed E-state index contributed by atoms with van der Waals surface area (Å²) in [5, 5.41) is 2.75. The molecule has 0 aromatic heterocycles. The van der Waals surface area contributed by atoms with Gasteiger partial charge in [-0.1, -0.05) is 12.1 Å². The molecule has 6 nitrogen and oxygen atoms in total. The number of amides is 2. The zero-order chi connectivity index (χ0) is 16.2. The number of ether oxygens (including phenoxy) is 1. The molecule has 124 valence electrons. The third kappa shape index (κ3) is 3.64. The first kappa shape index (κ1) is 15.8. The third-order valence-corrected chi connectivity index (χ3v) is 4.59. The summed E-state index contributed by atoms with van der Waals surface area (Å²) in [5.74, 6) is 0.812. The lowest BCUT2D eigenvalue weighted by molar-refractivity contribution is -0.139. The Labute approximate surface area is 136 Å². The Morgan fingerprint density at radius 3 is 2.78 bits per heavy atom. The van der Waals surface area contributed by atoms with Gasteiger partial charge in [-0.25, -0.2) is 0 Å². The van der Waals surface area contributed by atoms with Gasteiger partial charge in [0.1, 0.15) is 5.75 Å². The monoisotopic (exact) mass is 317 g/mol. The maximum Gasteiger partial charge on any atom is 0.239 e. The van der Waals surface area contributed by atoms with Crippen molar-refractivity contribution in [3.8, 4) is 5.75 Å². The molecule has 6 heteroatoms. The van der Waals surface area contributed by atoms with E-state index in [1.807, 2.05) is 12.1 Å². The second kappa shape index (κ2) is 7.00. The van der Waals surface area contributed by atoms with Crippen LogP contribution in [0.5, 0.6) is 5.75 Å². The Morgan fingerprint density at radius 2 is 2.09 bits per heavy atom. The highest BCUT2D eigenvalue weighted by Crippen LogP contribution is 2.32. The number of nitrogens with one attached hydrogen (secondary N) is 1. The van der Waals surface area contributed by atoms with Crippen LogP contribution in [0.25, 0.3) is 0 Å². The van der Waals surface area contributed by atoms with E-state index in [-0.39, 0.29) is 24.4 Å². The first-order chi connectivity index (χ1) is 11.2. The number of carbonyl (C=O) groups is 2. The number of hydrogen-bond donors (Lipinski definition) is 1. The molecule has 2 saturated heterocycles. The summed E-state index contributed by atoms with van der Waals surface area (Å²) in [5.41, 5.74) is 1.22. The second-order valence-electron chi connectivity index (χ2n) is 6.07. The zero-order valence-corrected chi connectivity index (χ0v) is 13.5. The Bertz CT molecular complexity index is 573. The molecule has 2 aliphatic heterocycles. The molecule has 1 N–H and O–H groups in total. The molecule has 0 aliphatic carbocycles. The average Bonchev–Trinajstić information content (AvgIpc) is 3.03. The fraction of sp³-hybridized carbons (Fsp3) is 0.529. The summed E-state index contributed by atoms with van der Waals surface area (Å²) in [6, 6.07) is 8.33. The van der Waals surface area contributed by atoms with E-state index in [9.17, 15) is 9.59 Å². The molecule has 2 fully saturated rings. The third-order valence-electron chi connectivity index (χ3n) is 4.59. The molecule has 0 bridgehead atoms. The Kier molecular flexibility index (Phi) is 4.81. The van der Waals surface area contributed by atoms with Crippen LogP contribution >= 0.6 is 0 Å². The van der Waals surface area contributed by atoms with Gasteiger partial charge >= 0.3 is 0 Å². The molecule has 3 rings (SSSR count). The Hall–Kier alpha value is -2.08. The van der Waals surface area contributed by atoms with E-state index in [1.54, 1.807) is 12.0 Å². The SMILES string of the molecule is COc1ccc([C@H]2CCCN2CC(=O)N2CCNC(=O)C2)cc1. The number of benzene rings is 1. The van der Waals surface area contributed by atoms with Crippen molar-refractivity contribution in [3.05, 3.63) is 29.8 Å². The van der Waals surface area contributed by atoms with Gasteiger partial charge in [-0.2, -0.15) is 0 Å². The van der Waals surface area contributed by atoms with Gasteiger partial charge in [0.25, 0.3) is 0 Å². The molecule has 2 heterocycles. The summed E-state index contributed by atoms with van der Waals surface area (Å²) in [7, 11) is 1.66. The lowest BCUT2D eigenvalue weighted by Crippen LogP contribution is -2.52. The fourth-order valence-corrected chi connectivity index (χ4v) is 3.34. The van der Waals surface area contributed by atoms with Crippen molar-refractivity contribution < 1.29 is 14.3 Å². The highest BCUT2D eigenvalue weighted by molar-refractivity contribution is 5.86. The molecule has 2 aliphatic rings. The van der Waals surface area contributed by atoms with E-state index < -0.39 is 0 Å². The second-order valence-corrected chi connectivity index (χ2v) is 6.07. The molecule has 1 atom stereocenters. The van der Waals surface area contributed by atoms with Crippen LogP contribution in [0.15, 0.2) is 24.3 Å². The van der Waals surface area contributed by atoms with Crippen LogP contribution in [0.2, 0.25) is 0 Å². The van der Waals surface area contributed by atoms with Crippen molar-refractivity contribution in [1.29, 1.82) is 0 Å². The highest BCUT2D eigenvalue weighted by Gasteiger charge is 2.30. The highest BCUT2D eigenvalue weighted by atomic mass is 16.5. The van der Waals surface area contributed by atoms with Crippen LogP contribution in [0, 0.1) is 0 Å². The van der Waals surface area contributed by atoms with Crippen LogP contribution < -0.4 is 10.1 Å². The van der Waals surface area contributed by atoms with Crippen molar-refractivity contribution >= 4 is 11.8 Å². The average molecular weight is 317 g/mol. The first-order valence-corrected chi connectivity index (χ1v) is 8.10. The lowest BCUT2D eigenvalue weighted by atomic mass is 10.0. The van der Waals surface area contributed by atoms with E-state index in [0.29, 0.717) is 19.6 Å². The first-order valence-electron chi connectivity index (χ1n) is 8.10. The predicted molar refractivity (Wildman–Crippen MR) is 86.1 cm³/mol. The number of carbonyl (C=O) groups excluding carboxylic acids is 2. The molecule has 1 aromatic carbocycles. The number of likely N-dealkylation sites (tertiary alicyclic amines) is 1. The van der Waals surface area contributed by atoms with Gasteiger partial charge in [-0.3, -0.25) is 14.5 Å². The van der Waals surface area contributed by atoms with Crippen LogP contribution in [0.3, 0.4) is 0 Å². The molecular weight excluding hydrogens is 294 g/mol. The van der Waals surface area contributed by atoms with Crippen molar-refractivity contribution in [2.24, 2.45) is 0 Å². The quantitative estimate of drug-likeness (QED) is 0.892. The van der Waals surface area contributed by atoms with E-state index in [1.165, 1.54) is 5.56 Å². The largest absolute Gasteiger partial charge is 0.497 e. The zero-order valence-electron chi connectivity index (χ0n) is 13.5. The van der Waals surface area contributed by atoms with Gasteiger partial charge in [0.05, 0.1) is 20.2 Å². The minimum absolute atomic E-state index is 0.0419. The number of rotatable bonds is 4. The minimum atomic E-state index is -0.0715. The summed E-state index contributed by atoms with van der Waals surface area (Å²) in [4.78, 5) is 27.8. The van der Waals surface area contributed by atoms with Gasteiger partial charge in [0, 0.05) is 19.1 Å². The van der Waals surface area contributed by atoms with Gasteiger partial charge in [-0.05, 0) is 37.1 Å². The number of nitrogens with zero attached hydrogens (tertiary/aromatic N) is 2. The number of hydrogen-bond acceptors (Lipinski definition) is 4. The Balaban J connectivity index is 1.64. The van der Waals surface area contributed by atoms with E-state index in [4.69, 9.17) is 4.74 Å². The molecule has 0 unspecified atom stereocenters. The lowest BCUT2D eigenvalue weighted by Gasteiger charge is -2.30. The standard InChI is InChI=1S/C17H23N3O3/c1-23-14-6-4-13(5-7-14)15-3-2-9-19(15)12-17(22)20-10-8-18-16(21)11-20/h4-7,15H,2-3,8-12H2,1H3,(H,18,21)/t15-/m1/s1. The molecule has 0 spiro atoms. The van der Waals surface area contributed by atoms with Gasteiger partial charge in [-0.15, -0.1) is 0 Å². The molecule has 0 radical (unpaired) electrons. The van der Waals surface area contributed by atoms with Crippen molar-refractivity contribution in [1.82, 2.24) is 15.1 Å². The fourth-order valence-electron chi connectivity index (χ4n) is 3.34. The summed E-state index contributed by atoms with van der Waals surface area (Å²) < 4.78 is 5.20. The summed E-state index contributed by atoms with van der Waals surface area (Å²) in [6.45, 7) is 2.63. The van der Waals surface area contributed by atoms with Crippen LogP contribution in [0.4, 0.5) is 0 Å².